The van der Waals surface area contributed by atoms with Crippen molar-refractivity contribution in [2.45, 2.75) is 6.42 Å². The fourth-order valence-corrected chi connectivity index (χ4v) is 15.0. The largest absolute Gasteiger partial charge is 1.00 e. The summed E-state index contributed by atoms with van der Waals surface area (Å²) >= 11 is 0. The maximum absolute atomic E-state index is 15.0. The maximum atomic E-state index is 15.0. The molecule has 0 saturated carbocycles. The smallest absolute Gasteiger partial charge is 1.00 e. The predicted molar refractivity (Wildman–Crippen MR) is 387 cm³/mol. The van der Waals surface area contributed by atoms with E-state index in [-0.39, 0.29) is 36.8 Å². The van der Waals surface area contributed by atoms with Crippen molar-refractivity contribution >= 4 is 109 Å². The van der Waals surface area contributed by atoms with Crippen molar-refractivity contribution < 1.29 is 41.1 Å². The Morgan fingerprint density at radius 1 is 0.266 bits per heavy atom. The molecule has 19 aromatic rings. The first-order valence-electron chi connectivity index (χ1n) is 32.1. The van der Waals surface area contributed by atoms with E-state index in [2.05, 4.69) is 308 Å². The first-order chi connectivity index (χ1) is 46.6. The van der Waals surface area contributed by atoms with E-state index in [0.29, 0.717) is 5.39 Å². The van der Waals surface area contributed by atoms with Gasteiger partial charge >= 0.3 is 29.6 Å². The summed E-state index contributed by atoms with van der Waals surface area (Å²) < 4.78 is 42.4. The molecule has 0 unspecified atom stereocenters. The fourth-order valence-electron chi connectivity index (χ4n) is 15.0. The molecule has 0 bridgehead atoms. The minimum absolute atomic E-state index is 0. The number of nitrogens with zero attached hydrogens (tertiary/aromatic N) is 5. The third-order valence-corrected chi connectivity index (χ3v) is 18.7. The average molecular weight is 1230 g/mol. The van der Waals surface area contributed by atoms with E-state index in [1.54, 1.807) is 12.1 Å². The van der Waals surface area contributed by atoms with Crippen LogP contribution in [0.4, 0.5) is 8.78 Å². The molecular weight excluding hydrogens is 1160 g/mol. The summed E-state index contributed by atoms with van der Waals surface area (Å²) in [5.74, 6) is -0.193. The molecule has 0 radical (unpaired) electrons. The average Bonchev–Trinajstić information content (AvgIpc) is 1.56. The minimum atomic E-state index is -1.00. The second-order valence-electron chi connectivity index (χ2n) is 23.6. The van der Waals surface area contributed by atoms with E-state index in [9.17, 15) is 4.39 Å². The first kappa shape index (κ1) is 56.9. The molecule has 0 amide bonds. The SMILES string of the molecule is Fc1cccc2c1c1ccccc1n2-c1cccc2c1c1ccccc1n2-c1ccccc1.[2H]CF.[H-].[Na+].c1ccc(-n2c3ccccc3c3c(-n4c5ccccc5c5c(-n6c7ccccc7c7ccccc76)cccc54)cccc32)cc1.c1ccc2c(c1)Cc1ccccc1-2. The normalized spacial score (nSPS) is 11.8. The number of rotatable bonds is 5. The van der Waals surface area contributed by atoms with Gasteiger partial charge in [0, 0.05) is 65.2 Å². The standard InChI is InChI=1S/C42H27N3.C30H19FN2.C13H10.CH3F.Na.H/c1-2-14-28(15-3-1)43-35-22-10-6-18-31(35)41-37(43)24-12-26-39(41)45-36-23-11-7-19-32(36)42-38(25-13-27-40(42)45)44-33-20-8-4-16-29(33)30-17-5-9-21-34(30)44;31-23-14-8-17-26-29(23)21-12-4-7-16-25(21)33(26)28-19-9-18-27-30(28)22-13-5-6-15-24(22)32(27)20-10-2-1-3-11-20;1-3-7-12-10(5-1)9-11-6-2-4-8-13(11)12;1-2;;/h1-27H;1-19H;1-8H,9H2;1H3;;/q;;;;+1;-1/i;;;1D;;. The van der Waals surface area contributed by atoms with E-state index in [1.165, 1.54) is 104 Å². The number of para-hydroxylation sites is 8. The second kappa shape index (κ2) is 24.2. The minimum Gasteiger partial charge on any atom is -1.00 e. The van der Waals surface area contributed by atoms with Crippen molar-refractivity contribution in [2.75, 3.05) is 7.15 Å². The molecule has 5 nitrogen and oxygen atoms in total. The second-order valence-corrected chi connectivity index (χ2v) is 23.6. The molecule has 8 heteroatoms. The maximum Gasteiger partial charge on any atom is 1.00 e. The van der Waals surface area contributed by atoms with Crippen LogP contribution in [0.25, 0.3) is 149 Å². The van der Waals surface area contributed by atoms with E-state index in [0.717, 1.165) is 56.3 Å². The summed E-state index contributed by atoms with van der Waals surface area (Å²) in [7, 11) is -1.00. The van der Waals surface area contributed by atoms with Crippen molar-refractivity contribution in [1.29, 1.82) is 0 Å². The van der Waals surface area contributed by atoms with Gasteiger partial charge < -0.3 is 24.3 Å². The number of hydrogen-bond acceptors (Lipinski definition) is 0. The Morgan fingerprint density at radius 2 is 0.521 bits per heavy atom. The summed E-state index contributed by atoms with van der Waals surface area (Å²) in [6.45, 7) is 0. The van der Waals surface area contributed by atoms with Gasteiger partial charge in [-0.1, -0.05) is 218 Å². The quantitative estimate of drug-likeness (QED) is 0.153. The van der Waals surface area contributed by atoms with Crippen molar-refractivity contribution in [3.63, 3.8) is 0 Å². The van der Waals surface area contributed by atoms with Crippen LogP contribution in [-0.4, -0.2) is 30.0 Å². The molecule has 444 valence electrons. The van der Waals surface area contributed by atoms with E-state index in [4.69, 9.17) is 1.37 Å². The molecule has 0 spiro atoms. The number of aromatic nitrogens is 5. The molecule has 5 heterocycles. The van der Waals surface area contributed by atoms with Crippen LogP contribution in [0, 0.1) is 5.82 Å². The molecule has 0 N–H and O–H groups in total. The van der Waals surface area contributed by atoms with Crippen LogP contribution in [-0.2, 0) is 6.42 Å². The molecule has 14 aromatic carbocycles. The summed E-state index contributed by atoms with van der Waals surface area (Å²) in [5.41, 5.74) is 22.9. The van der Waals surface area contributed by atoms with Gasteiger partial charge in [-0.05, 0) is 138 Å². The first-order valence-corrected chi connectivity index (χ1v) is 31.4. The van der Waals surface area contributed by atoms with Crippen LogP contribution in [0.2, 0.25) is 0 Å². The van der Waals surface area contributed by atoms with Gasteiger partial charge in [-0.2, -0.15) is 0 Å². The fraction of sp³-hybridized carbons (Fsp3) is 0.0233. The van der Waals surface area contributed by atoms with Crippen LogP contribution < -0.4 is 29.6 Å². The molecule has 0 atom stereocenters. The van der Waals surface area contributed by atoms with Crippen molar-refractivity contribution in [2.24, 2.45) is 0 Å². The van der Waals surface area contributed by atoms with Gasteiger partial charge in [0.1, 0.15) is 5.82 Å². The van der Waals surface area contributed by atoms with Gasteiger partial charge in [0.05, 0.1) is 80.8 Å². The molecular formula is C86H60F2N5Na. The monoisotopic (exact) mass is 1220 g/mol. The molecule has 1 aliphatic carbocycles. The molecule has 1 aliphatic rings. The number of benzene rings is 14. The van der Waals surface area contributed by atoms with Gasteiger partial charge in [0.2, 0.25) is 0 Å². The number of fused-ring (bicyclic) bond motifs is 18. The van der Waals surface area contributed by atoms with Crippen LogP contribution >= 0.6 is 0 Å². The van der Waals surface area contributed by atoms with E-state index in [1.807, 2.05) is 30.3 Å². The summed E-state index contributed by atoms with van der Waals surface area (Å²) in [4.78, 5) is 0. The summed E-state index contributed by atoms with van der Waals surface area (Å²) in [5, 5.41) is 11.5. The molecule has 0 aliphatic heterocycles. The number of halogens is 2. The van der Waals surface area contributed by atoms with Gasteiger partial charge in [0.15, 0.2) is 0 Å². The predicted octanol–water partition coefficient (Wildman–Crippen LogP) is 20.0. The third kappa shape index (κ3) is 9.21. The van der Waals surface area contributed by atoms with Gasteiger partial charge in [-0.3, -0.25) is 4.39 Å². The van der Waals surface area contributed by atoms with Crippen LogP contribution in [0.3, 0.4) is 0 Å². The Kier molecular flexibility index (Phi) is 14.6. The van der Waals surface area contributed by atoms with Gasteiger partial charge in [-0.15, -0.1) is 0 Å². The Morgan fingerprint density at radius 3 is 0.915 bits per heavy atom. The zero-order valence-corrected chi connectivity index (χ0v) is 53.6. The van der Waals surface area contributed by atoms with Crippen molar-refractivity contribution in [1.82, 2.24) is 22.8 Å². The van der Waals surface area contributed by atoms with E-state index < -0.39 is 7.15 Å². The van der Waals surface area contributed by atoms with Crippen molar-refractivity contribution in [3.05, 3.63) is 345 Å². The van der Waals surface area contributed by atoms with Crippen molar-refractivity contribution in [3.8, 4) is 39.6 Å². The Balaban J connectivity index is 0.000000129. The van der Waals surface area contributed by atoms with E-state index >= 15 is 4.39 Å². The summed E-state index contributed by atoms with van der Waals surface area (Å²) in [6.07, 6.45) is 1.10. The van der Waals surface area contributed by atoms with Crippen LogP contribution in [0.15, 0.2) is 328 Å². The Labute approximate surface area is 566 Å². The third-order valence-electron chi connectivity index (χ3n) is 18.7. The zero-order valence-electron chi connectivity index (χ0n) is 53.6. The molecule has 20 rings (SSSR count). The molecule has 94 heavy (non-hydrogen) atoms. The van der Waals surface area contributed by atoms with Gasteiger partial charge in [0.25, 0.3) is 0 Å². The van der Waals surface area contributed by atoms with Gasteiger partial charge in [-0.25, -0.2) is 4.39 Å². The Hall–Kier alpha value is -11.1. The van der Waals surface area contributed by atoms with Crippen LogP contribution in [0.1, 0.15) is 13.9 Å². The summed E-state index contributed by atoms with van der Waals surface area (Å²) in [6, 6.07) is 115. The topological polar surface area (TPSA) is 24.6 Å². The van der Waals surface area contributed by atoms with Crippen LogP contribution in [0.5, 0.6) is 0 Å². The molecule has 5 aromatic heterocycles. The molecule has 0 saturated heterocycles. The zero-order chi connectivity index (χ0) is 62.8. The number of hydrogen-bond donors (Lipinski definition) is 0. The molecule has 0 fully saturated rings. The Bertz CT molecular complexity index is 6030. The number of alkyl halides is 1.